The number of nitrogens with two attached hydrogens (primary N) is 1. The monoisotopic (exact) mass is 442 g/mol. The van der Waals surface area contributed by atoms with Gasteiger partial charge in [-0.15, -0.1) is 0 Å². The predicted octanol–water partition coefficient (Wildman–Crippen LogP) is 3.73. The Labute approximate surface area is 164 Å². The predicted molar refractivity (Wildman–Crippen MR) is 91.0 cm³/mol. The fraction of sp³-hybridized carbons (Fsp3) is 0.235. The van der Waals surface area contributed by atoms with Crippen molar-refractivity contribution >= 4 is 23.2 Å². The Hall–Kier alpha value is -2.34. The van der Waals surface area contributed by atoms with Gasteiger partial charge in [0.1, 0.15) is 0 Å². The second-order valence-electron chi connectivity index (χ2n) is 5.96. The number of carbonyl (C=O) groups is 1. The van der Waals surface area contributed by atoms with Crippen LogP contribution in [-0.4, -0.2) is 22.7 Å². The molecule has 0 heterocycles. The minimum atomic E-state index is -5.10. The van der Waals surface area contributed by atoms with Gasteiger partial charge in [-0.3, -0.25) is 4.79 Å². The Balaban J connectivity index is 2.53. The van der Waals surface area contributed by atoms with Crippen molar-refractivity contribution in [3.8, 4) is 0 Å². The fourth-order valence-corrected chi connectivity index (χ4v) is 2.56. The van der Waals surface area contributed by atoms with E-state index in [2.05, 4.69) is 0 Å². The van der Waals surface area contributed by atoms with Gasteiger partial charge >= 0.3 is 12.4 Å². The molecule has 0 aliphatic rings. The van der Waals surface area contributed by atoms with Crippen LogP contribution in [0.15, 0.2) is 36.4 Å². The summed E-state index contributed by atoms with van der Waals surface area (Å²) in [5, 5.41) is 21.6. The summed E-state index contributed by atoms with van der Waals surface area (Å²) in [5.41, 5.74) is 0.210. The van der Waals surface area contributed by atoms with Gasteiger partial charge in [0.2, 0.25) is 5.79 Å². The lowest BCUT2D eigenvalue weighted by Gasteiger charge is -2.23. The van der Waals surface area contributed by atoms with Crippen LogP contribution in [0.25, 0.3) is 0 Å². The van der Waals surface area contributed by atoms with E-state index in [0.717, 1.165) is 12.1 Å². The number of anilines is 1. The normalized spacial score (nSPS) is 12.8. The molecule has 29 heavy (non-hydrogen) atoms. The van der Waals surface area contributed by atoms with Crippen LogP contribution in [0, 0.1) is 0 Å². The van der Waals surface area contributed by atoms with E-state index < -0.39 is 58.5 Å². The zero-order valence-corrected chi connectivity index (χ0v) is 15.0. The third-order valence-electron chi connectivity index (χ3n) is 3.79. The van der Waals surface area contributed by atoms with Crippen molar-refractivity contribution in [2.75, 3.05) is 11.9 Å². The topological polar surface area (TPSA) is 95.6 Å². The van der Waals surface area contributed by atoms with Gasteiger partial charge in [0.25, 0.3) is 5.91 Å². The van der Waals surface area contributed by atoms with E-state index in [-0.39, 0.29) is 11.1 Å². The van der Waals surface area contributed by atoms with E-state index in [1.165, 1.54) is 6.07 Å². The molecule has 0 aliphatic heterocycles. The number of nitrogens with one attached hydrogen (secondary N) is 1. The number of hydrogen-bond acceptors (Lipinski definition) is 4. The molecular weight excluding hydrogens is 430 g/mol. The highest BCUT2D eigenvalue weighted by molar-refractivity contribution is 6.31. The highest BCUT2D eigenvalue weighted by Crippen LogP contribution is 2.37. The Kier molecular flexibility index (Phi) is 6.19. The molecule has 158 valence electrons. The van der Waals surface area contributed by atoms with Gasteiger partial charge in [0.05, 0.1) is 17.7 Å². The Morgan fingerprint density at radius 3 is 1.93 bits per heavy atom. The summed E-state index contributed by atoms with van der Waals surface area (Å²) in [7, 11) is 0. The van der Waals surface area contributed by atoms with Crippen molar-refractivity contribution in [2.45, 2.75) is 18.1 Å². The Bertz CT molecular complexity index is 896. The average Bonchev–Trinajstić information content (AvgIpc) is 2.59. The van der Waals surface area contributed by atoms with Crippen LogP contribution in [0.3, 0.4) is 0 Å². The van der Waals surface area contributed by atoms with Gasteiger partial charge in [0.15, 0.2) is 0 Å². The first kappa shape index (κ1) is 22.9. The van der Waals surface area contributed by atoms with Gasteiger partial charge < -0.3 is 21.3 Å². The van der Waals surface area contributed by atoms with Crippen molar-refractivity contribution in [3.05, 3.63) is 63.7 Å². The van der Waals surface area contributed by atoms with Crippen LogP contribution in [0.4, 0.5) is 32.0 Å². The molecule has 2 rings (SSSR count). The Morgan fingerprint density at radius 2 is 1.48 bits per heavy atom. The fourth-order valence-electron chi connectivity index (χ4n) is 2.39. The molecule has 12 heteroatoms. The van der Waals surface area contributed by atoms with Crippen molar-refractivity contribution < 1.29 is 41.4 Å². The largest absolute Gasteiger partial charge is 0.416 e. The number of aliphatic hydroxyl groups is 2. The maximum absolute atomic E-state index is 12.9. The first-order valence-electron chi connectivity index (χ1n) is 7.71. The highest BCUT2D eigenvalue weighted by Gasteiger charge is 2.37. The molecule has 2 aromatic rings. The lowest BCUT2D eigenvalue weighted by molar-refractivity contribution is -0.160. The van der Waals surface area contributed by atoms with Gasteiger partial charge in [-0.1, -0.05) is 17.7 Å². The summed E-state index contributed by atoms with van der Waals surface area (Å²) in [5.74, 6) is -3.92. The second kappa shape index (κ2) is 7.82. The smallest absolute Gasteiger partial charge is 0.361 e. The molecule has 0 aromatic heterocycles. The van der Waals surface area contributed by atoms with E-state index >= 15 is 0 Å². The molecule has 2 aromatic carbocycles. The van der Waals surface area contributed by atoms with Gasteiger partial charge in [-0.2, -0.15) is 26.3 Å². The molecule has 0 atom stereocenters. The van der Waals surface area contributed by atoms with Crippen LogP contribution < -0.4 is 11.1 Å². The summed E-state index contributed by atoms with van der Waals surface area (Å²) >= 11 is 5.76. The summed E-state index contributed by atoms with van der Waals surface area (Å²) in [6, 6.07) is 3.72. The third-order valence-corrected chi connectivity index (χ3v) is 4.02. The standard InChI is InChI=1S/C17H13ClF6N2O3/c18-10-1-2-13(15(28,29)7-25)12(6-10)14(27)26-11-4-8(16(19,20)21)3-9(5-11)17(22,23)24/h1-6,28-29H,7,25H2,(H,26,27). The van der Waals surface area contributed by atoms with Crippen LogP contribution in [-0.2, 0) is 18.1 Å². The van der Waals surface area contributed by atoms with Crippen LogP contribution in [0.1, 0.15) is 27.0 Å². The van der Waals surface area contributed by atoms with Crippen molar-refractivity contribution in [2.24, 2.45) is 5.73 Å². The maximum atomic E-state index is 12.9. The summed E-state index contributed by atoms with van der Waals surface area (Å²) < 4.78 is 77.6. The average molecular weight is 443 g/mol. The zero-order valence-electron chi connectivity index (χ0n) is 14.2. The maximum Gasteiger partial charge on any atom is 0.416 e. The highest BCUT2D eigenvalue weighted by atomic mass is 35.5. The van der Waals surface area contributed by atoms with Gasteiger partial charge in [-0.05, 0) is 30.3 Å². The molecule has 0 spiro atoms. The molecule has 0 fully saturated rings. The summed E-state index contributed by atoms with van der Waals surface area (Å²) in [4.78, 5) is 12.5. The number of carbonyl (C=O) groups excluding carboxylic acids is 1. The molecule has 0 aliphatic carbocycles. The quantitative estimate of drug-likeness (QED) is 0.428. The van der Waals surface area contributed by atoms with Crippen molar-refractivity contribution in [1.82, 2.24) is 0 Å². The number of hydrogen-bond donors (Lipinski definition) is 4. The zero-order chi connectivity index (χ0) is 22.2. The number of amides is 1. The van der Waals surface area contributed by atoms with Crippen LogP contribution in [0.2, 0.25) is 5.02 Å². The molecule has 0 saturated heterocycles. The minimum absolute atomic E-state index is 0.0493. The SMILES string of the molecule is NCC(O)(O)c1ccc(Cl)cc1C(=O)Nc1cc(C(F)(F)F)cc(C(F)(F)F)c1. The lowest BCUT2D eigenvalue weighted by atomic mass is 9.98. The van der Waals surface area contributed by atoms with E-state index in [0.29, 0.717) is 12.1 Å². The molecule has 5 N–H and O–H groups in total. The van der Waals surface area contributed by atoms with Gasteiger partial charge in [0, 0.05) is 21.8 Å². The van der Waals surface area contributed by atoms with Crippen molar-refractivity contribution in [3.63, 3.8) is 0 Å². The summed E-state index contributed by atoms with van der Waals surface area (Å²) in [6.07, 6.45) is -10.2. The number of halogens is 7. The molecule has 0 bridgehead atoms. The molecule has 0 unspecified atom stereocenters. The van der Waals surface area contributed by atoms with E-state index in [1.54, 1.807) is 0 Å². The lowest BCUT2D eigenvalue weighted by Crippen LogP contribution is -2.36. The molecule has 1 amide bonds. The van der Waals surface area contributed by atoms with E-state index in [4.69, 9.17) is 17.3 Å². The van der Waals surface area contributed by atoms with E-state index in [1.807, 2.05) is 5.32 Å². The first-order valence-corrected chi connectivity index (χ1v) is 8.08. The second-order valence-corrected chi connectivity index (χ2v) is 6.40. The number of rotatable bonds is 4. The van der Waals surface area contributed by atoms with Crippen molar-refractivity contribution in [1.29, 1.82) is 0 Å². The molecular formula is C17H13ClF6N2O3. The van der Waals surface area contributed by atoms with E-state index in [9.17, 15) is 41.4 Å². The molecule has 5 nitrogen and oxygen atoms in total. The number of benzene rings is 2. The van der Waals surface area contributed by atoms with Crippen LogP contribution >= 0.6 is 11.6 Å². The Morgan fingerprint density at radius 1 is 0.966 bits per heavy atom. The third kappa shape index (κ3) is 5.38. The molecule has 0 saturated carbocycles. The molecule has 0 radical (unpaired) electrons. The number of alkyl halides is 6. The first-order chi connectivity index (χ1) is 13.1. The minimum Gasteiger partial charge on any atom is -0.361 e. The van der Waals surface area contributed by atoms with Crippen LogP contribution in [0.5, 0.6) is 0 Å². The summed E-state index contributed by atoms with van der Waals surface area (Å²) in [6.45, 7) is -0.753. The van der Waals surface area contributed by atoms with Gasteiger partial charge in [-0.25, -0.2) is 0 Å².